The van der Waals surface area contributed by atoms with E-state index in [0.717, 1.165) is 5.56 Å². The van der Waals surface area contributed by atoms with Gasteiger partial charge >= 0.3 is 0 Å². The van der Waals surface area contributed by atoms with Crippen LogP contribution in [0.4, 0.5) is 0 Å². The maximum absolute atomic E-state index is 12.1. The molecule has 0 spiro atoms. The molecule has 104 valence electrons. The van der Waals surface area contributed by atoms with Crippen molar-refractivity contribution >= 4 is 5.91 Å². The van der Waals surface area contributed by atoms with E-state index in [2.05, 4.69) is 0 Å². The highest BCUT2D eigenvalue weighted by Gasteiger charge is 2.25. The SMILES string of the molecule is NC(Cc1ccc(O)cc1)C(=O)N1CCC(O)CC1. The number of nitrogens with zero attached hydrogens (tertiary/aromatic N) is 1. The second-order valence-electron chi connectivity index (χ2n) is 5.03. The zero-order valence-corrected chi connectivity index (χ0v) is 10.8. The fourth-order valence-corrected chi connectivity index (χ4v) is 2.29. The van der Waals surface area contributed by atoms with E-state index >= 15 is 0 Å². The molecule has 1 aromatic rings. The third-order valence-corrected chi connectivity index (χ3v) is 3.49. The van der Waals surface area contributed by atoms with Gasteiger partial charge in [0.1, 0.15) is 5.75 Å². The number of aliphatic hydroxyl groups excluding tert-OH is 1. The molecule has 0 radical (unpaired) electrons. The van der Waals surface area contributed by atoms with E-state index in [1.54, 1.807) is 29.2 Å². The number of benzene rings is 1. The quantitative estimate of drug-likeness (QED) is 0.730. The summed E-state index contributed by atoms with van der Waals surface area (Å²) in [6.07, 6.45) is 1.41. The summed E-state index contributed by atoms with van der Waals surface area (Å²) in [5.74, 6) is 0.133. The summed E-state index contributed by atoms with van der Waals surface area (Å²) in [6.45, 7) is 1.15. The summed E-state index contributed by atoms with van der Waals surface area (Å²) in [5.41, 5.74) is 6.86. The van der Waals surface area contributed by atoms with Gasteiger partial charge in [-0.3, -0.25) is 4.79 Å². The highest BCUT2D eigenvalue weighted by Crippen LogP contribution is 2.14. The molecule has 1 atom stereocenters. The van der Waals surface area contributed by atoms with E-state index in [0.29, 0.717) is 32.4 Å². The molecule has 0 saturated carbocycles. The number of phenols is 1. The molecule has 5 nitrogen and oxygen atoms in total. The van der Waals surface area contributed by atoms with Crippen LogP contribution in [0.2, 0.25) is 0 Å². The van der Waals surface area contributed by atoms with Crippen molar-refractivity contribution in [3.05, 3.63) is 29.8 Å². The van der Waals surface area contributed by atoms with Crippen LogP contribution in [0.15, 0.2) is 24.3 Å². The maximum atomic E-state index is 12.1. The predicted molar refractivity (Wildman–Crippen MR) is 71.6 cm³/mol. The van der Waals surface area contributed by atoms with Crippen molar-refractivity contribution in [1.29, 1.82) is 0 Å². The molecule has 1 fully saturated rings. The Morgan fingerprint density at radius 2 is 1.89 bits per heavy atom. The third-order valence-electron chi connectivity index (χ3n) is 3.49. The highest BCUT2D eigenvalue weighted by molar-refractivity contribution is 5.82. The minimum atomic E-state index is -0.570. The van der Waals surface area contributed by atoms with Crippen molar-refractivity contribution in [2.24, 2.45) is 5.73 Å². The first-order valence-electron chi connectivity index (χ1n) is 6.56. The number of aliphatic hydroxyl groups is 1. The van der Waals surface area contributed by atoms with Crippen LogP contribution in [-0.2, 0) is 11.2 Å². The predicted octanol–water partition coefficient (Wildman–Crippen LogP) is 0.245. The molecule has 5 heteroatoms. The second-order valence-corrected chi connectivity index (χ2v) is 5.03. The molecular weight excluding hydrogens is 244 g/mol. The lowest BCUT2D eigenvalue weighted by Gasteiger charge is -2.31. The molecule has 4 N–H and O–H groups in total. The van der Waals surface area contributed by atoms with E-state index in [-0.39, 0.29) is 17.8 Å². The van der Waals surface area contributed by atoms with Crippen LogP contribution < -0.4 is 5.73 Å². The number of piperidine rings is 1. The lowest BCUT2D eigenvalue weighted by Crippen LogP contribution is -2.48. The lowest BCUT2D eigenvalue weighted by atomic mass is 10.0. The molecule has 1 aliphatic rings. The smallest absolute Gasteiger partial charge is 0.239 e. The molecule has 0 bridgehead atoms. The van der Waals surface area contributed by atoms with Gasteiger partial charge in [0, 0.05) is 13.1 Å². The zero-order chi connectivity index (χ0) is 13.8. The number of aromatic hydroxyl groups is 1. The number of nitrogens with two attached hydrogens (primary N) is 1. The largest absolute Gasteiger partial charge is 0.508 e. The van der Waals surface area contributed by atoms with Crippen LogP contribution >= 0.6 is 0 Å². The van der Waals surface area contributed by atoms with Crippen molar-refractivity contribution in [2.45, 2.75) is 31.4 Å². The summed E-state index contributed by atoms with van der Waals surface area (Å²) in [4.78, 5) is 13.9. The van der Waals surface area contributed by atoms with Crippen LogP contribution in [0, 0.1) is 0 Å². The van der Waals surface area contributed by atoms with Crippen LogP contribution in [0.3, 0.4) is 0 Å². The fraction of sp³-hybridized carbons (Fsp3) is 0.500. The Hall–Kier alpha value is -1.59. The van der Waals surface area contributed by atoms with Gasteiger partial charge in [-0.2, -0.15) is 0 Å². The summed E-state index contributed by atoms with van der Waals surface area (Å²) < 4.78 is 0. The number of carbonyl (C=O) groups is 1. The van der Waals surface area contributed by atoms with Gasteiger partial charge in [-0.25, -0.2) is 0 Å². The Bertz CT molecular complexity index is 425. The topological polar surface area (TPSA) is 86.8 Å². The highest BCUT2D eigenvalue weighted by atomic mass is 16.3. The minimum absolute atomic E-state index is 0.0695. The van der Waals surface area contributed by atoms with Gasteiger partial charge in [-0.1, -0.05) is 12.1 Å². The summed E-state index contributed by atoms with van der Waals surface area (Å²) in [7, 11) is 0. The van der Waals surface area contributed by atoms with Gasteiger partial charge in [0.25, 0.3) is 0 Å². The van der Waals surface area contributed by atoms with Gasteiger partial charge < -0.3 is 20.8 Å². The number of phenolic OH excluding ortho intramolecular Hbond substituents is 1. The number of hydrogen-bond acceptors (Lipinski definition) is 4. The van der Waals surface area contributed by atoms with Crippen molar-refractivity contribution < 1.29 is 15.0 Å². The minimum Gasteiger partial charge on any atom is -0.508 e. The first-order valence-corrected chi connectivity index (χ1v) is 6.56. The summed E-state index contributed by atoms with van der Waals surface area (Å²) >= 11 is 0. The average Bonchev–Trinajstić information content (AvgIpc) is 2.41. The number of carbonyl (C=O) groups excluding carboxylic acids is 1. The number of rotatable bonds is 3. The normalized spacial score (nSPS) is 18.3. The van der Waals surface area contributed by atoms with Gasteiger partial charge in [0.2, 0.25) is 5.91 Å². The fourth-order valence-electron chi connectivity index (χ4n) is 2.29. The lowest BCUT2D eigenvalue weighted by molar-refractivity contribution is -0.134. The van der Waals surface area contributed by atoms with Gasteiger partial charge in [0.05, 0.1) is 12.1 Å². The molecule has 1 amide bonds. The zero-order valence-electron chi connectivity index (χ0n) is 10.8. The molecule has 1 unspecified atom stereocenters. The van der Waals surface area contributed by atoms with E-state index in [1.807, 2.05) is 0 Å². The number of likely N-dealkylation sites (tertiary alicyclic amines) is 1. The Morgan fingerprint density at radius 1 is 1.32 bits per heavy atom. The van der Waals surface area contributed by atoms with Gasteiger partial charge in [-0.15, -0.1) is 0 Å². The first-order chi connectivity index (χ1) is 9.06. The molecular formula is C14H20N2O3. The Balaban J connectivity index is 1.90. The Morgan fingerprint density at radius 3 is 2.47 bits per heavy atom. The summed E-state index contributed by atoms with van der Waals surface area (Å²) in [6, 6.07) is 6.14. The van der Waals surface area contributed by atoms with Crippen LogP contribution in [0.25, 0.3) is 0 Å². The molecule has 1 aromatic carbocycles. The number of amides is 1. The Kier molecular flexibility index (Phi) is 4.39. The Labute approximate surface area is 112 Å². The van der Waals surface area contributed by atoms with Crippen molar-refractivity contribution in [3.8, 4) is 5.75 Å². The molecule has 19 heavy (non-hydrogen) atoms. The number of hydrogen-bond donors (Lipinski definition) is 3. The molecule has 2 rings (SSSR count). The average molecular weight is 264 g/mol. The molecule has 1 heterocycles. The van der Waals surface area contributed by atoms with Crippen LogP contribution in [0.1, 0.15) is 18.4 Å². The molecule has 0 aliphatic carbocycles. The van der Waals surface area contributed by atoms with Crippen LogP contribution in [0.5, 0.6) is 5.75 Å². The first kappa shape index (κ1) is 13.8. The standard InChI is InChI=1S/C14H20N2O3/c15-13(9-10-1-3-11(17)4-2-10)14(19)16-7-5-12(18)6-8-16/h1-4,12-13,17-18H,5-9,15H2. The van der Waals surface area contributed by atoms with E-state index in [4.69, 9.17) is 5.73 Å². The van der Waals surface area contributed by atoms with Gasteiger partial charge in [-0.05, 0) is 37.0 Å². The van der Waals surface area contributed by atoms with Crippen LogP contribution in [-0.4, -0.2) is 46.3 Å². The van der Waals surface area contributed by atoms with E-state index in [9.17, 15) is 15.0 Å². The monoisotopic (exact) mass is 264 g/mol. The molecule has 0 aromatic heterocycles. The molecule has 1 aliphatic heterocycles. The van der Waals surface area contributed by atoms with Crippen molar-refractivity contribution in [1.82, 2.24) is 4.90 Å². The van der Waals surface area contributed by atoms with Crippen molar-refractivity contribution in [3.63, 3.8) is 0 Å². The van der Waals surface area contributed by atoms with Crippen molar-refractivity contribution in [2.75, 3.05) is 13.1 Å². The molecule has 1 saturated heterocycles. The van der Waals surface area contributed by atoms with E-state index < -0.39 is 6.04 Å². The van der Waals surface area contributed by atoms with E-state index in [1.165, 1.54) is 0 Å². The maximum Gasteiger partial charge on any atom is 0.239 e. The van der Waals surface area contributed by atoms with Gasteiger partial charge in [0.15, 0.2) is 0 Å². The summed E-state index contributed by atoms with van der Waals surface area (Å²) in [5, 5.41) is 18.6. The second kappa shape index (κ2) is 6.04. The third kappa shape index (κ3) is 3.68.